The highest BCUT2D eigenvalue weighted by molar-refractivity contribution is 5.87. The van der Waals surface area contributed by atoms with Crippen LogP contribution in [0.3, 0.4) is 0 Å². The number of esters is 1. The van der Waals surface area contributed by atoms with Crippen molar-refractivity contribution < 1.29 is 22.7 Å². The third-order valence-corrected chi connectivity index (χ3v) is 2.69. The highest BCUT2D eigenvalue weighted by atomic mass is 19.4. The molecule has 0 amide bonds. The van der Waals surface area contributed by atoms with Crippen LogP contribution in [0.5, 0.6) is 0 Å². The zero-order valence-electron chi connectivity index (χ0n) is 11.0. The van der Waals surface area contributed by atoms with Gasteiger partial charge in [-0.15, -0.1) is 0 Å². The van der Waals surface area contributed by atoms with Gasteiger partial charge < -0.3 is 15.0 Å². The van der Waals surface area contributed by atoms with Crippen molar-refractivity contribution in [1.29, 1.82) is 0 Å². The van der Waals surface area contributed by atoms with E-state index >= 15 is 0 Å². The number of anilines is 1. The van der Waals surface area contributed by atoms with Crippen molar-refractivity contribution in [1.82, 2.24) is 9.97 Å². The van der Waals surface area contributed by atoms with Crippen molar-refractivity contribution in [3.05, 3.63) is 47.5 Å². The molecule has 0 aliphatic carbocycles. The maximum atomic E-state index is 12.4. The number of rotatable bonds is 4. The molecule has 2 aromatic rings. The number of carbonyl (C=O) groups excluding carboxylic acids is 1. The molecule has 8 heteroatoms. The summed E-state index contributed by atoms with van der Waals surface area (Å²) in [6, 6.07) is 5.43. The summed E-state index contributed by atoms with van der Waals surface area (Å²) < 4.78 is 41.6. The van der Waals surface area contributed by atoms with E-state index < -0.39 is 17.8 Å². The second-order valence-corrected chi connectivity index (χ2v) is 4.17. The van der Waals surface area contributed by atoms with Crippen LogP contribution in [0.15, 0.2) is 30.5 Å². The van der Waals surface area contributed by atoms with Gasteiger partial charge in [0.1, 0.15) is 11.4 Å². The number of carbonyl (C=O) groups is 1. The lowest BCUT2D eigenvalue weighted by Crippen LogP contribution is -2.08. The smallest absolute Gasteiger partial charge is 0.433 e. The average molecular weight is 299 g/mol. The molecule has 5 nitrogen and oxygen atoms in total. The SMILES string of the molecule is COC(=O)c1ccc(CNc2ccc(C(F)(F)F)nc2)[nH]1. The fraction of sp³-hybridized carbons (Fsp3) is 0.231. The second kappa shape index (κ2) is 5.86. The Morgan fingerprint density at radius 3 is 2.67 bits per heavy atom. The normalized spacial score (nSPS) is 11.2. The van der Waals surface area contributed by atoms with Crippen molar-refractivity contribution in [3.8, 4) is 0 Å². The molecule has 0 saturated carbocycles. The topological polar surface area (TPSA) is 67.0 Å². The molecular formula is C13H12F3N3O2. The van der Waals surface area contributed by atoms with Crippen LogP contribution in [0.1, 0.15) is 21.9 Å². The Kier molecular flexibility index (Phi) is 4.15. The van der Waals surface area contributed by atoms with E-state index in [9.17, 15) is 18.0 Å². The number of H-pyrrole nitrogens is 1. The molecule has 2 heterocycles. The van der Waals surface area contributed by atoms with Crippen molar-refractivity contribution in [2.75, 3.05) is 12.4 Å². The standard InChI is InChI=1S/C13H12F3N3O2/c1-21-12(20)10-4-2-9(19-10)7-17-8-3-5-11(18-6-8)13(14,15)16/h2-6,17,19H,7H2,1H3. The number of alkyl halides is 3. The summed E-state index contributed by atoms with van der Waals surface area (Å²) in [5.41, 5.74) is 0.494. The molecule has 0 aliphatic rings. The number of aromatic nitrogens is 2. The van der Waals surface area contributed by atoms with Crippen LogP contribution in [-0.2, 0) is 17.5 Å². The predicted octanol–water partition coefficient (Wildman–Crippen LogP) is 2.83. The van der Waals surface area contributed by atoms with Gasteiger partial charge in [-0.3, -0.25) is 0 Å². The van der Waals surface area contributed by atoms with Gasteiger partial charge >= 0.3 is 12.1 Å². The third-order valence-electron chi connectivity index (χ3n) is 2.69. The first-order chi connectivity index (χ1) is 9.90. The summed E-state index contributed by atoms with van der Waals surface area (Å²) >= 11 is 0. The number of halogens is 3. The van der Waals surface area contributed by atoms with E-state index in [1.807, 2.05) is 0 Å². The lowest BCUT2D eigenvalue weighted by atomic mass is 10.3. The van der Waals surface area contributed by atoms with Crippen LogP contribution < -0.4 is 5.32 Å². The largest absolute Gasteiger partial charge is 0.464 e. The second-order valence-electron chi connectivity index (χ2n) is 4.17. The number of hydrogen-bond donors (Lipinski definition) is 2. The molecule has 0 aliphatic heterocycles. The van der Waals surface area contributed by atoms with Crippen LogP contribution in [0.2, 0.25) is 0 Å². The van der Waals surface area contributed by atoms with Crippen LogP contribution >= 0.6 is 0 Å². The molecule has 0 spiro atoms. The summed E-state index contributed by atoms with van der Waals surface area (Å²) in [6.07, 6.45) is -3.35. The minimum atomic E-state index is -4.45. The fourth-order valence-electron chi connectivity index (χ4n) is 1.64. The zero-order chi connectivity index (χ0) is 15.5. The van der Waals surface area contributed by atoms with Crippen LogP contribution in [0, 0.1) is 0 Å². The number of nitrogens with one attached hydrogen (secondary N) is 2. The minimum absolute atomic E-state index is 0.305. The molecule has 0 saturated heterocycles. The molecule has 2 rings (SSSR count). The first-order valence-electron chi connectivity index (χ1n) is 5.93. The van der Waals surface area contributed by atoms with Crippen LogP contribution in [0.25, 0.3) is 0 Å². The first-order valence-corrected chi connectivity index (χ1v) is 5.93. The van der Waals surface area contributed by atoms with Gasteiger partial charge in [-0.25, -0.2) is 9.78 Å². The highest BCUT2D eigenvalue weighted by Gasteiger charge is 2.31. The van der Waals surface area contributed by atoms with Gasteiger partial charge in [0.15, 0.2) is 0 Å². The monoisotopic (exact) mass is 299 g/mol. The fourth-order valence-corrected chi connectivity index (χ4v) is 1.64. The zero-order valence-corrected chi connectivity index (χ0v) is 11.0. The Hall–Kier alpha value is -2.51. The molecular weight excluding hydrogens is 287 g/mol. The van der Waals surface area contributed by atoms with Gasteiger partial charge in [-0.05, 0) is 24.3 Å². The summed E-state index contributed by atoms with van der Waals surface area (Å²) in [7, 11) is 1.27. The number of nitrogens with zero attached hydrogens (tertiary/aromatic N) is 1. The lowest BCUT2D eigenvalue weighted by molar-refractivity contribution is -0.141. The van der Waals surface area contributed by atoms with Gasteiger partial charge in [-0.2, -0.15) is 13.2 Å². The molecule has 2 N–H and O–H groups in total. The Bertz CT molecular complexity index is 620. The number of methoxy groups -OCH3 is 1. The van der Waals surface area contributed by atoms with E-state index in [1.54, 1.807) is 12.1 Å². The van der Waals surface area contributed by atoms with Crippen LogP contribution in [0.4, 0.5) is 18.9 Å². The van der Waals surface area contributed by atoms with E-state index in [2.05, 4.69) is 20.0 Å². The summed E-state index contributed by atoms with van der Waals surface area (Å²) in [4.78, 5) is 17.4. The molecule has 21 heavy (non-hydrogen) atoms. The Morgan fingerprint density at radius 2 is 2.10 bits per heavy atom. The maximum Gasteiger partial charge on any atom is 0.433 e. The quantitative estimate of drug-likeness (QED) is 0.852. The molecule has 0 bridgehead atoms. The highest BCUT2D eigenvalue weighted by Crippen LogP contribution is 2.27. The molecule has 0 atom stereocenters. The Labute approximate surface area is 118 Å². The van der Waals surface area contributed by atoms with Crippen LogP contribution in [-0.4, -0.2) is 23.0 Å². The number of ether oxygens (including phenoxy) is 1. The van der Waals surface area contributed by atoms with Crippen molar-refractivity contribution >= 4 is 11.7 Å². The number of aromatic amines is 1. The van der Waals surface area contributed by atoms with Gasteiger partial charge in [0.05, 0.1) is 25.5 Å². The average Bonchev–Trinajstić information content (AvgIpc) is 2.92. The Morgan fingerprint density at radius 1 is 1.33 bits per heavy atom. The van der Waals surface area contributed by atoms with Gasteiger partial charge in [0.2, 0.25) is 0 Å². The van der Waals surface area contributed by atoms with Gasteiger partial charge in [-0.1, -0.05) is 0 Å². The van der Waals surface area contributed by atoms with E-state index in [1.165, 1.54) is 13.2 Å². The maximum absolute atomic E-state index is 12.4. The van der Waals surface area contributed by atoms with Crippen molar-refractivity contribution in [2.45, 2.75) is 12.7 Å². The summed E-state index contributed by atoms with van der Waals surface area (Å²) in [6.45, 7) is 0.310. The molecule has 0 unspecified atom stereocenters. The van der Waals surface area contributed by atoms with Gasteiger partial charge in [0.25, 0.3) is 0 Å². The molecule has 0 radical (unpaired) electrons. The molecule has 0 aromatic carbocycles. The molecule has 112 valence electrons. The summed E-state index contributed by atoms with van der Waals surface area (Å²) in [5.74, 6) is -0.488. The van der Waals surface area contributed by atoms with E-state index in [0.29, 0.717) is 23.6 Å². The van der Waals surface area contributed by atoms with Crippen molar-refractivity contribution in [2.24, 2.45) is 0 Å². The number of hydrogen-bond acceptors (Lipinski definition) is 4. The third kappa shape index (κ3) is 3.74. The van der Waals surface area contributed by atoms with E-state index in [4.69, 9.17) is 0 Å². The molecule has 0 fully saturated rings. The van der Waals surface area contributed by atoms with E-state index in [0.717, 1.165) is 12.3 Å². The summed E-state index contributed by atoms with van der Waals surface area (Å²) in [5, 5.41) is 2.90. The number of pyridine rings is 1. The van der Waals surface area contributed by atoms with Gasteiger partial charge in [0, 0.05) is 5.69 Å². The van der Waals surface area contributed by atoms with Crippen molar-refractivity contribution in [3.63, 3.8) is 0 Å². The van der Waals surface area contributed by atoms with E-state index in [-0.39, 0.29) is 0 Å². The molecule has 2 aromatic heterocycles. The lowest BCUT2D eigenvalue weighted by Gasteiger charge is -2.08. The predicted molar refractivity (Wildman–Crippen MR) is 68.7 cm³/mol. The Balaban J connectivity index is 1.97. The minimum Gasteiger partial charge on any atom is -0.464 e. The first kappa shape index (κ1) is 14.9.